The largest absolute Gasteiger partial charge is 0.495 e. The van der Waals surface area contributed by atoms with Crippen LogP contribution < -0.4 is 4.74 Å². The van der Waals surface area contributed by atoms with E-state index < -0.39 is 5.97 Å². The molecule has 0 amide bonds. The summed E-state index contributed by atoms with van der Waals surface area (Å²) in [7, 11) is 1.52. The normalized spacial score (nSPS) is 10.6. The zero-order valence-corrected chi connectivity index (χ0v) is 13.8. The molecule has 24 heavy (non-hydrogen) atoms. The lowest BCUT2D eigenvalue weighted by molar-refractivity contribution is 0.0691. The third-order valence-electron chi connectivity index (χ3n) is 3.54. The van der Waals surface area contributed by atoms with Gasteiger partial charge in [0.1, 0.15) is 11.4 Å². The molecule has 0 fully saturated rings. The number of aryl methyl sites for hydroxylation is 1. The number of halogens is 1. The highest BCUT2D eigenvalue weighted by Crippen LogP contribution is 2.30. The van der Waals surface area contributed by atoms with E-state index in [1.54, 1.807) is 18.2 Å². The van der Waals surface area contributed by atoms with Gasteiger partial charge in [-0.15, -0.1) is 5.10 Å². The first-order chi connectivity index (χ1) is 11.5. The Morgan fingerprint density at radius 1 is 1.25 bits per heavy atom. The van der Waals surface area contributed by atoms with Gasteiger partial charge in [0.25, 0.3) is 0 Å². The van der Waals surface area contributed by atoms with Crippen LogP contribution in [-0.2, 0) is 0 Å². The number of nitrogens with zero attached hydrogens (tertiary/aromatic N) is 3. The minimum Gasteiger partial charge on any atom is -0.495 e. The molecule has 1 aromatic heterocycles. The van der Waals surface area contributed by atoms with Crippen molar-refractivity contribution in [2.45, 2.75) is 6.92 Å². The zero-order chi connectivity index (χ0) is 17.3. The van der Waals surface area contributed by atoms with Crippen LogP contribution in [0.1, 0.15) is 16.1 Å². The molecule has 0 aliphatic heterocycles. The summed E-state index contributed by atoms with van der Waals surface area (Å²) >= 11 is 6.17. The topological polar surface area (TPSA) is 77.2 Å². The molecule has 0 radical (unpaired) electrons. The molecule has 0 aliphatic rings. The van der Waals surface area contributed by atoms with E-state index in [2.05, 4.69) is 10.3 Å². The van der Waals surface area contributed by atoms with Gasteiger partial charge in [-0.25, -0.2) is 9.48 Å². The Labute approximate surface area is 143 Å². The van der Waals surface area contributed by atoms with Gasteiger partial charge in [-0.05, 0) is 31.2 Å². The number of hydrogen-bond donors (Lipinski definition) is 1. The SMILES string of the molecule is COc1ccc(-n2nnc(C(=O)O)c2-c2cccc(C)c2)cc1Cl. The Morgan fingerprint density at radius 2 is 2.04 bits per heavy atom. The van der Waals surface area contributed by atoms with Gasteiger partial charge in [0.05, 0.1) is 17.8 Å². The molecule has 1 heterocycles. The predicted octanol–water partition coefficient (Wildman–Crippen LogP) is 3.60. The van der Waals surface area contributed by atoms with Crippen molar-refractivity contribution in [2.75, 3.05) is 7.11 Å². The van der Waals surface area contributed by atoms with Crippen LogP contribution >= 0.6 is 11.6 Å². The van der Waals surface area contributed by atoms with E-state index in [4.69, 9.17) is 16.3 Å². The Bertz CT molecular complexity index is 921. The first-order valence-corrected chi connectivity index (χ1v) is 7.49. The zero-order valence-electron chi connectivity index (χ0n) is 13.0. The van der Waals surface area contributed by atoms with Crippen LogP contribution in [0.2, 0.25) is 5.02 Å². The number of methoxy groups -OCH3 is 1. The van der Waals surface area contributed by atoms with E-state index >= 15 is 0 Å². The molecule has 0 bridgehead atoms. The van der Waals surface area contributed by atoms with Crippen molar-refractivity contribution in [1.29, 1.82) is 0 Å². The molecule has 0 aliphatic carbocycles. The van der Waals surface area contributed by atoms with Crippen molar-refractivity contribution in [3.63, 3.8) is 0 Å². The summed E-state index contributed by atoms with van der Waals surface area (Å²) in [5.41, 5.74) is 2.59. The average molecular weight is 344 g/mol. The summed E-state index contributed by atoms with van der Waals surface area (Å²) in [6, 6.07) is 12.6. The van der Waals surface area contributed by atoms with Crippen LogP contribution in [0.5, 0.6) is 5.75 Å². The number of carboxylic acids is 1. The summed E-state index contributed by atoms with van der Waals surface area (Å²) in [4.78, 5) is 11.5. The molecule has 6 nitrogen and oxygen atoms in total. The summed E-state index contributed by atoms with van der Waals surface area (Å²) in [5, 5.41) is 17.6. The van der Waals surface area contributed by atoms with Crippen LogP contribution in [-0.4, -0.2) is 33.2 Å². The lowest BCUT2D eigenvalue weighted by atomic mass is 10.1. The van der Waals surface area contributed by atoms with Crippen molar-refractivity contribution in [2.24, 2.45) is 0 Å². The minimum atomic E-state index is -1.14. The van der Waals surface area contributed by atoms with Gasteiger partial charge in [0.2, 0.25) is 0 Å². The summed E-state index contributed by atoms with van der Waals surface area (Å²) < 4.78 is 6.60. The van der Waals surface area contributed by atoms with E-state index in [0.717, 1.165) is 5.56 Å². The molecular formula is C17H14ClN3O3. The Hall–Kier alpha value is -2.86. The summed E-state index contributed by atoms with van der Waals surface area (Å²) in [6.07, 6.45) is 0. The standard InChI is InChI=1S/C17H14ClN3O3/c1-10-4-3-5-11(8-10)16-15(17(22)23)19-20-21(16)12-6-7-14(24-2)13(18)9-12/h3-9H,1-2H3,(H,22,23). The highest BCUT2D eigenvalue weighted by Gasteiger charge is 2.22. The smallest absolute Gasteiger partial charge is 0.358 e. The second kappa shape index (κ2) is 6.33. The molecule has 7 heteroatoms. The molecule has 2 aromatic carbocycles. The van der Waals surface area contributed by atoms with Crippen LogP contribution in [0.25, 0.3) is 16.9 Å². The fourth-order valence-corrected chi connectivity index (χ4v) is 2.70. The van der Waals surface area contributed by atoms with Crippen LogP contribution in [0, 0.1) is 6.92 Å². The van der Waals surface area contributed by atoms with Gasteiger partial charge in [0, 0.05) is 5.56 Å². The van der Waals surface area contributed by atoms with Crippen LogP contribution in [0.3, 0.4) is 0 Å². The van der Waals surface area contributed by atoms with Crippen LogP contribution in [0.15, 0.2) is 42.5 Å². The van der Waals surface area contributed by atoms with Crippen LogP contribution in [0.4, 0.5) is 0 Å². The van der Waals surface area contributed by atoms with E-state index in [0.29, 0.717) is 27.7 Å². The number of benzene rings is 2. The Morgan fingerprint density at radius 3 is 2.67 bits per heavy atom. The minimum absolute atomic E-state index is 0.118. The highest BCUT2D eigenvalue weighted by molar-refractivity contribution is 6.32. The molecule has 0 saturated heterocycles. The van der Waals surface area contributed by atoms with Gasteiger partial charge in [-0.2, -0.15) is 0 Å². The van der Waals surface area contributed by atoms with Crippen molar-refractivity contribution in [3.8, 4) is 22.7 Å². The summed E-state index contributed by atoms with van der Waals surface area (Å²) in [6.45, 7) is 1.93. The maximum Gasteiger partial charge on any atom is 0.358 e. The maximum absolute atomic E-state index is 11.5. The first-order valence-electron chi connectivity index (χ1n) is 7.11. The molecule has 3 rings (SSSR count). The highest BCUT2D eigenvalue weighted by atomic mass is 35.5. The van der Waals surface area contributed by atoms with E-state index in [-0.39, 0.29) is 5.69 Å². The van der Waals surface area contributed by atoms with E-state index in [1.165, 1.54) is 11.8 Å². The molecule has 0 spiro atoms. The Balaban J connectivity index is 2.22. The van der Waals surface area contributed by atoms with Crippen molar-refractivity contribution in [3.05, 3.63) is 58.7 Å². The lowest BCUT2D eigenvalue weighted by Gasteiger charge is -2.10. The summed E-state index contributed by atoms with van der Waals surface area (Å²) in [5.74, 6) is -0.617. The number of carboxylic acid groups (broad SMARTS) is 1. The van der Waals surface area contributed by atoms with Crippen molar-refractivity contribution >= 4 is 17.6 Å². The number of carbonyl (C=O) groups is 1. The quantitative estimate of drug-likeness (QED) is 0.783. The average Bonchev–Trinajstić information content (AvgIpc) is 3.00. The Kier molecular flexibility index (Phi) is 4.22. The number of hydrogen-bond acceptors (Lipinski definition) is 4. The molecule has 122 valence electrons. The maximum atomic E-state index is 11.5. The second-order valence-electron chi connectivity index (χ2n) is 5.19. The molecule has 3 aromatic rings. The van der Waals surface area contributed by atoms with E-state index in [1.807, 2.05) is 31.2 Å². The molecular weight excluding hydrogens is 330 g/mol. The molecule has 1 N–H and O–H groups in total. The van der Waals surface area contributed by atoms with Gasteiger partial charge in [0.15, 0.2) is 5.69 Å². The number of rotatable bonds is 4. The predicted molar refractivity (Wildman–Crippen MR) is 90.1 cm³/mol. The fourth-order valence-electron chi connectivity index (χ4n) is 2.45. The molecule has 0 saturated carbocycles. The van der Waals surface area contributed by atoms with Gasteiger partial charge in [-0.1, -0.05) is 40.6 Å². The third-order valence-corrected chi connectivity index (χ3v) is 3.84. The van der Waals surface area contributed by atoms with Gasteiger partial charge < -0.3 is 9.84 Å². The van der Waals surface area contributed by atoms with Gasteiger partial charge in [-0.3, -0.25) is 0 Å². The number of aromatic carboxylic acids is 1. The third kappa shape index (κ3) is 2.83. The fraction of sp³-hybridized carbons (Fsp3) is 0.118. The monoisotopic (exact) mass is 343 g/mol. The van der Waals surface area contributed by atoms with E-state index in [9.17, 15) is 9.90 Å². The van der Waals surface area contributed by atoms with Gasteiger partial charge >= 0.3 is 5.97 Å². The van der Waals surface area contributed by atoms with Crippen molar-refractivity contribution < 1.29 is 14.6 Å². The lowest BCUT2D eigenvalue weighted by Crippen LogP contribution is -2.03. The first kappa shape index (κ1) is 16.0. The molecule has 0 atom stereocenters. The molecule has 0 unspecified atom stereocenters. The number of ether oxygens (including phenoxy) is 1. The number of aromatic nitrogens is 3. The second-order valence-corrected chi connectivity index (χ2v) is 5.60. The van der Waals surface area contributed by atoms with Crippen molar-refractivity contribution in [1.82, 2.24) is 15.0 Å².